The van der Waals surface area contributed by atoms with Crippen LogP contribution in [-0.2, 0) is 4.74 Å². The largest absolute Gasteiger partial charge is 0.505 e. The van der Waals surface area contributed by atoms with Gasteiger partial charge in [0.2, 0.25) is 0 Å². The standard InChI is InChI=1S/C9H10BrNO3/c1-4-3-5(9(13)14-2)7(11)8(12)6(4)10/h3,12H,11H2,1-2H3. The number of nitrogen functional groups attached to an aromatic ring is 1. The number of methoxy groups -OCH3 is 1. The van der Waals surface area contributed by atoms with E-state index in [9.17, 15) is 9.90 Å². The molecule has 14 heavy (non-hydrogen) atoms. The van der Waals surface area contributed by atoms with E-state index in [1.807, 2.05) is 0 Å². The second kappa shape index (κ2) is 3.88. The van der Waals surface area contributed by atoms with E-state index in [4.69, 9.17) is 5.73 Å². The third kappa shape index (κ3) is 1.68. The molecule has 0 unspecified atom stereocenters. The van der Waals surface area contributed by atoms with E-state index in [0.717, 1.165) is 5.56 Å². The molecule has 0 fully saturated rings. The molecule has 3 N–H and O–H groups in total. The Morgan fingerprint density at radius 1 is 1.64 bits per heavy atom. The van der Waals surface area contributed by atoms with Gasteiger partial charge in [-0.2, -0.15) is 0 Å². The highest BCUT2D eigenvalue weighted by Gasteiger charge is 2.17. The third-order valence-corrected chi connectivity index (χ3v) is 2.87. The molecule has 1 aromatic rings. The Kier molecular flexibility index (Phi) is 3.00. The molecule has 0 saturated carbocycles. The molecule has 0 aliphatic rings. The summed E-state index contributed by atoms with van der Waals surface area (Å²) in [5.74, 6) is -0.696. The molecular formula is C9H10BrNO3. The first-order valence-electron chi connectivity index (χ1n) is 3.85. The summed E-state index contributed by atoms with van der Waals surface area (Å²) >= 11 is 3.15. The van der Waals surface area contributed by atoms with E-state index in [0.29, 0.717) is 4.47 Å². The first-order valence-corrected chi connectivity index (χ1v) is 4.64. The van der Waals surface area contributed by atoms with Crippen LogP contribution in [0.3, 0.4) is 0 Å². The quantitative estimate of drug-likeness (QED) is 0.459. The molecule has 1 rings (SSSR count). The maximum absolute atomic E-state index is 11.2. The minimum atomic E-state index is -0.562. The smallest absolute Gasteiger partial charge is 0.340 e. The predicted molar refractivity (Wildman–Crippen MR) is 56.3 cm³/mol. The van der Waals surface area contributed by atoms with Crippen molar-refractivity contribution >= 4 is 27.6 Å². The van der Waals surface area contributed by atoms with Crippen LogP contribution < -0.4 is 5.73 Å². The predicted octanol–water partition coefficient (Wildman–Crippen LogP) is 1.83. The molecule has 0 radical (unpaired) electrons. The molecule has 0 amide bonds. The van der Waals surface area contributed by atoms with Crippen LogP contribution in [0.4, 0.5) is 5.69 Å². The van der Waals surface area contributed by atoms with E-state index < -0.39 is 5.97 Å². The zero-order chi connectivity index (χ0) is 10.9. The number of esters is 1. The van der Waals surface area contributed by atoms with Gasteiger partial charge < -0.3 is 15.6 Å². The lowest BCUT2D eigenvalue weighted by molar-refractivity contribution is 0.0601. The number of carbonyl (C=O) groups excluding carboxylic acids is 1. The Hall–Kier alpha value is -1.23. The minimum absolute atomic E-state index is 0.0225. The van der Waals surface area contributed by atoms with Gasteiger partial charge in [-0.25, -0.2) is 4.79 Å². The number of phenols is 1. The molecule has 0 aliphatic heterocycles. The molecule has 0 spiro atoms. The van der Waals surface area contributed by atoms with Crippen LogP contribution in [0.2, 0.25) is 0 Å². The number of halogens is 1. The molecule has 0 atom stereocenters. The Morgan fingerprint density at radius 2 is 2.21 bits per heavy atom. The van der Waals surface area contributed by atoms with Crippen molar-refractivity contribution in [1.82, 2.24) is 0 Å². The maximum Gasteiger partial charge on any atom is 0.340 e. The van der Waals surface area contributed by atoms with Gasteiger partial charge in [-0.1, -0.05) is 0 Å². The van der Waals surface area contributed by atoms with Gasteiger partial charge in [0, 0.05) is 0 Å². The van der Waals surface area contributed by atoms with Crippen molar-refractivity contribution in [2.24, 2.45) is 0 Å². The van der Waals surface area contributed by atoms with Crippen LogP contribution in [0.15, 0.2) is 10.5 Å². The van der Waals surface area contributed by atoms with E-state index in [1.54, 1.807) is 13.0 Å². The lowest BCUT2D eigenvalue weighted by Crippen LogP contribution is -2.06. The first-order chi connectivity index (χ1) is 6.49. The number of rotatable bonds is 1. The van der Waals surface area contributed by atoms with Gasteiger partial charge in [0.25, 0.3) is 0 Å². The van der Waals surface area contributed by atoms with Crippen molar-refractivity contribution in [2.45, 2.75) is 6.92 Å². The molecule has 0 bridgehead atoms. The number of nitrogens with two attached hydrogens (primary N) is 1. The van der Waals surface area contributed by atoms with E-state index >= 15 is 0 Å². The second-order valence-electron chi connectivity index (χ2n) is 2.81. The van der Waals surface area contributed by atoms with Crippen LogP contribution in [0.25, 0.3) is 0 Å². The summed E-state index contributed by atoms with van der Waals surface area (Å²) in [4.78, 5) is 11.2. The van der Waals surface area contributed by atoms with Crippen molar-refractivity contribution in [2.75, 3.05) is 12.8 Å². The van der Waals surface area contributed by atoms with Crippen LogP contribution in [0, 0.1) is 6.92 Å². The number of hydrogen-bond donors (Lipinski definition) is 2. The molecule has 1 aromatic carbocycles. The van der Waals surface area contributed by atoms with Gasteiger partial charge in [-0.05, 0) is 34.5 Å². The molecular weight excluding hydrogens is 250 g/mol. The minimum Gasteiger partial charge on any atom is -0.505 e. The number of hydrogen-bond acceptors (Lipinski definition) is 4. The zero-order valence-corrected chi connectivity index (χ0v) is 9.38. The molecule has 0 saturated heterocycles. The van der Waals surface area contributed by atoms with Gasteiger partial charge in [0.05, 0.1) is 22.8 Å². The van der Waals surface area contributed by atoms with Gasteiger partial charge >= 0.3 is 5.97 Å². The second-order valence-corrected chi connectivity index (χ2v) is 3.60. The third-order valence-electron chi connectivity index (χ3n) is 1.87. The fraction of sp³-hybridized carbons (Fsp3) is 0.222. The Morgan fingerprint density at radius 3 is 2.71 bits per heavy atom. The summed E-state index contributed by atoms with van der Waals surface area (Å²) in [6.07, 6.45) is 0. The molecule has 0 aromatic heterocycles. The first kappa shape index (κ1) is 10.8. The van der Waals surface area contributed by atoms with Crippen LogP contribution in [0.5, 0.6) is 5.75 Å². The summed E-state index contributed by atoms with van der Waals surface area (Å²) < 4.78 is 5.01. The van der Waals surface area contributed by atoms with E-state index in [1.165, 1.54) is 7.11 Å². The lowest BCUT2D eigenvalue weighted by atomic mass is 10.1. The zero-order valence-electron chi connectivity index (χ0n) is 7.80. The lowest BCUT2D eigenvalue weighted by Gasteiger charge is -2.09. The fourth-order valence-electron chi connectivity index (χ4n) is 1.07. The summed E-state index contributed by atoms with van der Waals surface area (Å²) in [6.45, 7) is 1.75. The van der Waals surface area contributed by atoms with Crippen LogP contribution in [0.1, 0.15) is 15.9 Å². The van der Waals surface area contributed by atoms with Gasteiger partial charge in [-0.3, -0.25) is 0 Å². The number of aryl methyl sites for hydroxylation is 1. The highest BCUT2D eigenvalue weighted by molar-refractivity contribution is 9.10. The van der Waals surface area contributed by atoms with Crippen molar-refractivity contribution in [3.8, 4) is 5.75 Å². The molecule has 5 heteroatoms. The number of benzene rings is 1. The Labute approximate surface area is 89.8 Å². The van der Waals surface area contributed by atoms with Gasteiger partial charge in [0.1, 0.15) is 0 Å². The van der Waals surface area contributed by atoms with Crippen LogP contribution >= 0.6 is 15.9 Å². The normalized spacial score (nSPS) is 9.93. The van der Waals surface area contributed by atoms with Crippen molar-refractivity contribution in [3.63, 3.8) is 0 Å². The monoisotopic (exact) mass is 259 g/mol. The Balaban J connectivity index is 3.40. The van der Waals surface area contributed by atoms with Gasteiger partial charge in [0.15, 0.2) is 5.75 Å². The van der Waals surface area contributed by atoms with Crippen molar-refractivity contribution in [1.29, 1.82) is 0 Å². The summed E-state index contributed by atoms with van der Waals surface area (Å²) in [7, 11) is 1.26. The molecule has 76 valence electrons. The number of aromatic hydroxyl groups is 1. The van der Waals surface area contributed by atoms with Crippen molar-refractivity contribution < 1.29 is 14.6 Å². The highest BCUT2D eigenvalue weighted by atomic mass is 79.9. The molecule has 0 aliphatic carbocycles. The molecule has 0 heterocycles. The number of phenolic OH excluding ortho intramolecular Hbond substituents is 1. The number of carbonyl (C=O) groups is 1. The van der Waals surface area contributed by atoms with E-state index in [2.05, 4.69) is 20.7 Å². The summed E-state index contributed by atoms with van der Waals surface area (Å²) in [5.41, 5.74) is 6.46. The topological polar surface area (TPSA) is 72.5 Å². The molecule has 4 nitrogen and oxygen atoms in total. The Bertz CT molecular complexity index is 390. The average Bonchev–Trinajstić information content (AvgIpc) is 2.19. The number of ether oxygens (including phenoxy) is 1. The maximum atomic E-state index is 11.2. The summed E-state index contributed by atoms with van der Waals surface area (Å²) in [6, 6.07) is 1.56. The average molecular weight is 260 g/mol. The summed E-state index contributed by atoms with van der Waals surface area (Å²) in [5, 5.41) is 9.53. The van der Waals surface area contributed by atoms with E-state index in [-0.39, 0.29) is 17.0 Å². The van der Waals surface area contributed by atoms with Crippen molar-refractivity contribution in [3.05, 3.63) is 21.7 Å². The SMILES string of the molecule is COC(=O)c1cc(C)c(Br)c(O)c1N. The fourth-order valence-corrected chi connectivity index (χ4v) is 1.40. The van der Waals surface area contributed by atoms with Gasteiger partial charge in [-0.15, -0.1) is 0 Å². The van der Waals surface area contributed by atoms with Crippen LogP contribution in [-0.4, -0.2) is 18.2 Å². The number of anilines is 1. The highest BCUT2D eigenvalue weighted by Crippen LogP contribution is 2.35.